The smallest absolute Gasteiger partial charge is 0.339 e. The number of ether oxygens (including phenoxy) is 1. The van der Waals surface area contributed by atoms with Gasteiger partial charge in [0.05, 0.1) is 12.0 Å². The molecule has 0 aliphatic rings. The third kappa shape index (κ3) is 6.21. The molecule has 0 heterocycles. The van der Waals surface area contributed by atoms with Crippen molar-refractivity contribution in [2.24, 2.45) is 0 Å². The highest BCUT2D eigenvalue weighted by Crippen LogP contribution is 2.32. The molecule has 3 aromatic rings. The molecule has 3 rings (SSSR count). The molecule has 0 atom stereocenters. The Hall–Kier alpha value is -4.69. The standard InChI is InChI=1S/C24H19N3O7S/c1-16-4-3-5-19(12-16)26-24(28)18(15-25)13-17-6-11-22(23(14-17)33-2)34-35(31,32)21-9-7-20(8-10-21)27(29)30/h3-14H,1-2H3,(H,26,28)/b18-13+. The van der Waals surface area contributed by atoms with Crippen LogP contribution in [0.1, 0.15) is 11.1 Å². The Bertz CT molecular complexity index is 1460. The number of amides is 1. The Labute approximate surface area is 201 Å². The lowest BCUT2D eigenvalue weighted by molar-refractivity contribution is -0.384. The Kier molecular flexibility index (Phi) is 7.48. The van der Waals surface area contributed by atoms with Crippen LogP contribution in [0.15, 0.2) is 77.2 Å². The minimum Gasteiger partial charge on any atom is -0.493 e. The molecular formula is C24H19N3O7S. The Morgan fingerprint density at radius 3 is 2.40 bits per heavy atom. The Morgan fingerprint density at radius 2 is 1.80 bits per heavy atom. The van der Waals surface area contributed by atoms with Crippen LogP contribution in [0.2, 0.25) is 0 Å². The van der Waals surface area contributed by atoms with E-state index in [1.54, 1.807) is 18.2 Å². The van der Waals surface area contributed by atoms with E-state index < -0.39 is 20.9 Å². The van der Waals surface area contributed by atoms with Crippen molar-refractivity contribution in [3.8, 4) is 17.6 Å². The zero-order valence-corrected chi connectivity index (χ0v) is 19.4. The van der Waals surface area contributed by atoms with E-state index in [4.69, 9.17) is 8.92 Å². The SMILES string of the molecule is COc1cc(/C=C(\C#N)C(=O)Nc2cccc(C)c2)ccc1OS(=O)(=O)c1ccc([N+](=O)[O-])cc1. The number of nitrogens with zero attached hydrogens (tertiary/aromatic N) is 2. The van der Waals surface area contributed by atoms with Crippen molar-refractivity contribution < 1.29 is 27.1 Å². The normalized spacial score (nSPS) is 11.3. The number of methoxy groups -OCH3 is 1. The van der Waals surface area contributed by atoms with Gasteiger partial charge in [-0.2, -0.15) is 13.7 Å². The topological polar surface area (TPSA) is 149 Å². The zero-order valence-electron chi connectivity index (χ0n) is 18.6. The second kappa shape index (κ2) is 10.5. The summed E-state index contributed by atoms with van der Waals surface area (Å²) in [6.07, 6.45) is 1.32. The van der Waals surface area contributed by atoms with Gasteiger partial charge in [0.25, 0.3) is 11.6 Å². The summed E-state index contributed by atoms with van der Waals surface area (Å²) in [5, 5.41) is 22.9. The van der Waals surface area contributed by atoms with Crippen LogP contribution in [0, 0.1) is 28.4 Å². The van der Waals surface area contributed by atoms with Gasteiger partial charge in [-0.15, -0.1) is 0 Å². The molecule has 0 fully saturated rings. The summed E-state index contributed by atoms with van der Waals surface area (Å²) in [4.78, 5) is 22.4. The summed E-state index contributed by atoms with van der Waals surface area (Å²) in [6, 6.07) is 17.3. The van der Waals surface area contributed by atoms with Gasteiger partial charge in [-0.25, -0.2) is 0 Å². The van der Waals surface area contributed by atoms with E-state index >= 15 is 0 Å². The number of anilines is 1. The molecule has 35 heavy (non-hydrogen) atoms. The monoisotopic (exact) mass is 493 g/mol. The predicted octanol–water partition coefficient (Wildman–Crippen LogP) is 4.23. The molecule has 0 saturated heterocycles. The second-order valence-electron chi connectivity index (χ2n) is 7.19. The lowest BCUT2D eigenvalue weighted by Gasteiger charge is -2.11. The van der Waals surface area contributed by atoms with Gasteiger partial charge in [0.2, 0.25) is 0 Å². The number of benzene rings is 3. The van der Waals surface area contributed by atoms with E-state index in [0.717, 1.165) is 29.8 Å². The number of hydrogen-bond donors (Lipinski definition) is 1. The van der Waals surface area contributed by atoms with Crippen molar-refractivity contribution in [3.63, 3.8) is 0 Å². The minimum atomic E-state index is -4.32. The van der Waals surface area contributed by atoms with Crippen LogP contribution in [0.25, 0.3) is 6.08 Å². The van der Waals surface area contributed by atoms with Crippen LogP contribution in [-0.4, -0.2) is 26.4 Å². The molecule has 1 amide bonds. The number of nitriles is 1. The van der Waals surface area contributed by atoms with E-state index in [1.807, 2.05) is 19.1 Å². The average molecular weight is 493 g/mol. The van der Waals surface area contributed by atoms with Gasteiger partial charge in [-0.3, -0.25) is 14.9 Å². The molecule has 0 saturated carbocycles. The highest BCUT2D eigenvalue weighted by Gasteiger charge is 2.21. The van der Waals surface area contributed by atoms with Gasteiger partial charge in [-0.1, -0.05) is 18.2 Å². The van der Waals surface area contributed by atoms with Crippen LogP contribution < -0.4 is 14.2 Å². The number of nitrogens with one attached hydrogen (secondary N) is 1. The van der Waals surface area contributed by atoms with E-state index in [-0.39, 0.29) is 27.7 Å². The minimum absolute atomic E-state index is 0.0284. The van der Waals surface area contributed by atoms with Gasteiger partial charge in [-0.05, 0) is 60.5 Å². The molecule has 0 aliphatic carbocycles. The van der Waals surface area contributed by atoms with Crippen molar-refractivity contribution in [3.05, 3.63) is 93.5 Å². The van der Waals surface area contributed by atoms with Crippen molar-refractivity contribution in [1.29, 1.82) is 5.26 Å². The summed E-state index contributed by atoms with van der Waals surface area (Å²) in [5.41, 5.74) is 1.42. The van der Waals surface area contributed by atoms with Crippen molar-refractivity contribution in [1.82, 2.24) is 0 Å². The predicted molar refractivity (Wildman–Crippen MR) is 127 cm³/mol. The highest BCUT2D eigenvalue weighted by molar-refractivity contribution is 7.87. The number of rotatable bonds is 8. The maximum atomic E-state index is 12.6. The number of non-ortho nitro benzene ring substituents is 1. The lowest BCUT2D eigenvalue weighted by atomic mass is 10.1. The van der Waals surface area contributed by atoms with Crippen LogP contribution in [0.5, 0.6) is 11.5 Å². The summed E-state index contributed by atoms with van der Waals surface area (Å²) in [7, 11) is -3.02. The van der Waals surface area contributed by atoms with Crippen molar-refractivity contribution >= 4 is 33.5 Å². The molecule has 3 aromatic carbocycles. The molecule has 11 heteroatoms. The van der Waals surface area contributed by atoms with E-state index in [0.29, 0.717) is 11.3 Å². The maximum absolute atomic E-state index is 12.6. The van der Waals surface area contributed by atoms with Crippen LogP contribution in [-0.2, 0) is 14.9 Å². The van der Waals surface area contributed by atoms with E-state index in [2.05, 4.69) is 5.32 Å². The second-order valence-corrected chi connectivity index (χ2v) is 8.74. The first-order chi connectivity index (χ1) is 16.6. The molecule has 0 bridgehead atoms. The molecule has 0 radical (unpaired) electrons. The number of aryl methyl sites for hydroxylation is 1. The van der Waals surface area contributed by atoms with Crippen molar-refractivity contribution in [2.45, 2.75) is 11.8 Å². The summed E-state index contributed by atoms with van der Waals surface area (Å²) in [5.74, 6) is -0.732. The molecule has 10 nitrogen and oxygen atoms in total. The van der Waals surface area contributed by atoms with E-state index in [9.17, 15) is 28.6 Å². The van der Waals surface area contributed by atoms with Gasteiger partial charge in [0.15, 0.2) is 11.5 Å². The van der Waals surface area contributed by atoms with Gasteiger partial charge in [0, 0.05) is 17.8 Å². The fourth-order valence-electron chi connectivity index (χ4n) is 2.98. The fourth-order valence-corrected chi connectivity index (χ4v) is 3.92. The van der Waals surface area contributed by atoms with Gasteiger partial charge in [0.1, 0.15) is 16.5 Å². The molecule has 178 valence electrons. The summed E-state index contributed by atoms with van der Waals surface area (Å²) >= 11 is 0. The molecule has 1 N–H and O–H groups in total. The van der Waals surface area contributed by atoms with Crippen LogP contribution in [0.4, 0.5) is 11.4 Å². The number of nitro groups is 1. The lowest BCUT2D eigenvalue weighted by Crippen LogP contribution is -2.13. The Morgan fingerprint density at radius 1 is 1.09 bits per heavy atom. The largest absolute Gasteiger partial charge is 0.493 e. The summed E-state index contributed by atoms with van der Waals surface area (Å²) < 4.78 is 35.5. The molecule has 0 unspecified atom stereocenters. The van der Waals surface area contributed by atoms with Crippen LogP contribution in [0.3, 0.4) is 0 Å². The Balaban J connectivity index is 1.83. The first-order valence-corrected chi connectivity index (χ1v) is 11.4. The first-order valence-electron chi connectivity index (χ1n) is 10.00. The van der Waals surface area contributed by atoms with E-state index in [1.165, 1.54) is 31.4 Å². The van der Waals surface area contributed by atoms with Crippen molar-refractivity contribution in [2.75, 3.05) is 12.4 Å². The number of nitro benzene ring substituents is 1. The summed E-state index contributed by atoms with van der Waals surface area (Å²) in [6.45, 7) is 1.87. The molecular weight excluding hydrogens is 474 g/mol. The quantitative estimate of drug-likeness (QED) is 0.161. The number of carbonyl (C=O) groups is 1. The fraction of sp³-hybridized carbons (Fsp3) is 0.0833. The van der Waals surface area contributed by atoms with Crippen LogP contribution >= 0.6 is 0 Å². The third-order valence-corrected chi connectivity index (χ3v) is 5.92. The van der Waals surface area contributed by atoms with Gasteiger partial charge < -0.3 is 14.2 Å². The number of hydrogen-bond acceptors (Lipinski definition) is 8. The molecule has 0 aliphatic heterocycles. The maximum Gasteiger partial charge on any atom is 0.339 e. The average Bonchev–Trinajstić information content (AvgIpc) is 2.83. The molecule has 0 spiro atoms. The zero-order chi connectivity index (χ0) is 25.6. The number of carbonyl (C=O) groups excluding carboxylic acids is 1. The first kappa shape index (κ1) is 24.9. The highest BCUT2D eigenvalue weighted by atomic mass is 32.2. The molecule has 0 aromatic heterocycles. The van der Waals surface area contributed by atoms with Gasteiger partial charge >= 0.3 is 10.1 Å². The third-order valence-electron chi connectivity index (χ3n) is 4.68.